The largest absolute Gasteiger partial charge is 0.497 e. The van der Waals surface area contributed by atoms with E-state index in [4.69, 9.17) is 15.6 Å². The van der Waals surface area contributed by atoms with Crippen molar-refractivity contribution >= 4 is 17.4 Å². The number of nitrogens with two attached hydrogens (primary N) is 1. The number of amides is 1. The smallest absolute Gasteiger partial charge is 0.253 e. The molecular formula is C24H24N4O2. The average molecular weight is 400 g/mol. The van der Waals surface area contributed by atoms with Gasteiger partial charge in [0, 0.05) is 11.1 Å². The van der Waals surface area contributed by atoms with Crippen molar-refractivity contribution in [2.24, 2.45) is 10.8 Å². The number of carbonyl (C=O) groups is 1. The van der Waals surface area contributed by atoms with E-state index in [0.29, 0.717) is 5.84 Å². The zero-order valence-corrected chi connectivity index (χ0v) is 17.0. The fraction of sp³-hybridized carbons (Fsp3) is 0.167. The Labute approximate surface area is 176 Å². The molecular weight excluding hydrogens is 376 g/mol. The molecule has 1 heterocycles. The van der Waals surface area contributed by atoms with E-state index in [1.54, 1.807) is 7.11 Å². The van der Waals surface area contributed by atoms with Crippen LogP contribution < -0.4 is 16.0 Å². The summed E-state index contributed by atoms with van der Waals surface area (Å²) < 4.78 is 5.29. The first-order valence-electron chi connectivity index (χ1n) is 9.75. The third-order valence-corrected chi connectivity index (χ3v) is 5.23. The maximum absolute atomic E-state index is 12.4. The van der Waals surface area contributed by atoms with E-state index in [9.17, 15) is 4.79 Å². The molecule has 4 rings (SSSR count). The molecule has 0 spiro atoms. The minimum atomic E-state index is -0.284. The number of carbonyl (C=O) groups excluding carboxylic acids is 1. The van der Waals surface area contributed by atoms with Gasteiger partial charge in [-0.3, -0.25) is 10.2 Å². The minimum absolute atomic E-state index is 0.0777. The number of rotatable bonds is 5. The van der Waals surface area contributed by atoms with E-state index >= 15 is 0 Å². The molecule has 1 aliphatic heterocycles. The zero-order chi connectivity index (χ0) is 21.1. The van der Waals surface area contributed by atoms with Crippen molar-refractivity contribution in [2.45, 2.75) is 13.0 Å². The number of hydrogen-bond donors (Lipinski definition) is 2. The summed E-state index contributed by atoms with van der Waals surface area (Å²) in [5, 5.41) is 0. The monoisotopic (exact) mass is 400 g/mol. The summed E-state index contributed by atoms with van der Waals surface area (Å²) in [5.41, 5.74) is 7.32. The molecule has 0 saturated carbocycles. The lowest BCUT2D eigenvalue weighted by atomic mass is 9.91. The Hall–Kier alpha value is -3.64. The van der Waals surface area contributed by atoms with Crippen LogP contribution in [0.4, 0.5) is 5.69 Å². The maximum Gasteiger partial charge on any atom is 0.253 e. The van der Waals surface area contributed by atoms with Crippen molar-refractivity contribution in [3.8, 4) is 5.75 Å². The molecule has 1 aliphatic rings. The molecule has 1 atom stereocenters. The van der Waals surface area contributed by atoms with Gasteiger partial charge < -0.3 is 9.64 Å². The number of hydrazine groups is 1. The molecule has 6 nitrogen and oxygen atoms in total. The number of aryl methyl sites for hydroxylation is 1. The number of ether oxygens (including phenoxy) is 1. The summed E-state index contributed by atoms with van der Waals surface area (Å²) in [6.07, 6.45) is 0. The molecule has 0 fully saturated rings. The van der Waals surface area contributed by atoms with E-state index < -0.39 is 0 Å². The number of nitrogens with zero attached hydrogens (tertiary/aromatic N) is 2. The third-order valence-electron chi connectivity index (χ3n) is 5.23. The van der Waals surface area contributed by atoms with E-state index in [1.807, 2.05) is 53.4 Å². The van der Waals surface area contributed by atoms with Crippen LogP contribution in [0.5, 0.6) is 5.75 Å². The lowest BCUT2D eigenvalue weighted by Gasteiger charge is -2.38. The summed E-state index contributed by atoms with van der Waals surface area (Å²) in [7, 11) is 1.63. The number of fused-ring (bicyclic) bond motifs is 1. The second-order valence-corrected chi connectivity index (χ2v) is 7.23. The second kappa shape index (κ2) is 8.39. The first-order valence-corrected chi connectivity index (χ1v) is 9.75. The van der Waals surface area contributed by atoms with Crippen LogP contribution in [0.25, 0.3) is 0 Å². The first kappa shape index (κ1) is 19.7. The Morgan fingerprint density at radius 1 is 1.10 bits per heavy atom. The number of hydrogen-bond acceptors (Lipinski definition) is 5. The maximum atomic E-state index is 12.4. The fourth-order valence-corrected chi connectivity index (χ4v) is 3.80. The number of benzene rings is 3. The Bertz CT molecular complexity index is 1080. The van der Waals surface area contributed by atoms with Crippen LogP contribution in [0.2, 0.25) is 0 Å². The normalized spacial score (nSPS) is 15.2. The van der Waals surface area contributed by atoms with Gasteiger partial charge >= 0.3 is 0 Å². The van der Waals surface area contributed by atoms with Gasteiger partial charge in [0.1, 0.15) is 18.1 Å². The molecule has 3 aromatic rings. The van der Waals surface area contributed by atoms with Crippen molar-refractivity contribution in [2.75, 3.05) is 13.7 Å². The molecule has 152 valence electrons. The van der Waals surface area contributed by atoms with Crippen LogP contribution in [0.15, 0.2) is 77.8 Å². The fourth-order valence-electron chi connectivity index (χ4n) is 3.80. The third kappa shape index (κ3) is 3.77. The number of amidine groups is 1. The van der Waals surface area contributed by atoms with Crippen molar-refractivity contribution in [1.29, 1.82) is 0 Å². The van der Waals surface area contributed by atoms with Crippen molar-refractivity contribution in [3.05, 3.63) is 95.1 Å². The number of nitrogens with one attached hydrogen (secondary N) is 1. The van der Waals surface area contributed by atoms with E-state index in [0.717, 1.165) is 33.7 Å². The van der Waals surface area contributed by atoms with E-state index in [-0.39, 0.29) is 18.5 Å². The van der Waals surface area contributed by atoms with Gasteiger partial charge in [0.15, 0.2) is 0 Å². The molecule has 0 radical (unpaired) electrons. The van der Waals surface area contributed by atoms with Gasteiger partial charge in [-0.25, -0.2) is 10.8 Å². The van der Waals surface area contributed by atoms with Crippen molar-refractivity contribution in [1.82, 2.24) is 10.3 Å². The van der Waals surface area contributed by atoms with Gasteiger partial charge in [0.2, 0.25) is 0 Å². The summed E-state index contributed by atoms with van der Waals surface area (Å²) in [6.45, 7) is 2.14. The number of aliphatic imine (C=N–C) groups is 1. The molecule has 3 N–H and O–H groups in total. The van der Waals surface area contributed by atoms with E-state index in [2.05, 4.69) is 36.6 Å². The Balaban J connectivity index is 1.91. The van der Waals surface area contributed by atoms with Gasteiger partial charge in [-0.15, -0.1) is 0 Å². The molecule has 30 heavy (non-hydrogen) atoms. The highest BCUT2D eigenvalue weighted by Gasteiger charge is 2.33. The van der Waals surface area contributed by atoms with Gasteiger partial charge in [0.25, 0.3) is 5.91 Å². The lowest BCUT2D eigenvalue weighted by Crippen LogP contribution is -2.46. The Morgan fingerprint density at radius 2 is 1.83 bits per heavy atom. The molecule has 0 unspecified atom stereocenters. The molecule has 0 saturated heterocycles. The van der Waals surface area contributed by atoms with Crippen LogP contribution in [0, 0.1) is 6.92 Å². The molecule has 0 aromatic heterocycles. The van der Waals surface area contributed by atoms with E-state index in [1.165, 1.54) is 0 Å². The van der Waals surface area contributed by atoms with Crippen molar-refractivity contribution in [3.63, 3.8) is 0 Å². The minimum Gasteiger partial charge on any atom is -0.497 e. The van der Waals surface area contributed by atoms with Crippen LogP contribution >= 0.6 is 0 Å². The van der Waals surface area contributed by atoms with Gasteiger partial charge in [-0.2, -0.15) is 0 Å². The van der Waals surface area contributed by atoms with Crippen LogP contribution in [-0.4, -0.2) is 30.3 Å². The molecule has 0 aliphatic carbocycles. The summed E-state index contributed by atoms with van der Waals surface area (Å²) in [6, 6.07) is 23.9. The van der Waals surface area contributed by atoms with Crippen molar-refractivity contribution < 1.29 is 9.53 Å². The second-order valence-electron chi connectivity index (χ2n) is 7.23. The summed E-state index contributed by atoms with van der Waals surface area (Å²) in [4.78, 5) is 19.3. The average Bonchev–Trinajstić information content (AvgIpc) is 2.79. The lowest BCUT2D eigenvalue weighted by molar-refractivity contribution is -0.121. The quantitative estimate of drug-likeness (QED) is 0.390. The van der Waals surface area contributed by atoms with Gasteiger partial charge in [-0.1, -0.05) is 48.0 Å². The standard InChI is InChI=1S/C24H24N4O2/c1-16-8-13-21-20(14-16)23(17-6-4-3-5-7-17)28(15-22(29)27-25)24(26-21)18-9-11-19(30-2)12-10-18/h3-14,23H,15,25H2,1-2H3,(H,27,29)/t23-/m0/s1. The highest BCUT2D eigenvalue weighted by atomic mass is 16.5. The number of methoxy groups -OCH3 is 1. The summed E-state index contributed by atoms with van der Waals surface area (Å²) in [5.74, 6) is 6.62. The Kier molecular flexibility index (Phi) is 5.50. The van der Waals surface area contributed by atoms with Gasteiger partial charge in [0.05, 0.1) is 18.8 Å². The predicted octanol–water partition coefficient (Wildman–Crippen LogP) is 3.48. The Morgan fingerprint density at radius 3 is 2.50 bits per heavy atom. The van der Waals surface area contributed by atoms with Crippen LogP contribution in [0.1, 0.15) is 28.3 Å². The first-order chi connectivity index (χ1) is 14.6. The van der Waals surface area contributed by atoms with Gasteiger partial charge in [-0.05, 0) is 42.8 Å². The van der Waals surface area contributed by atoms with Crippen LogP contribution in [-0.2, 0) is 4.79 Å². The molecule has 6 heteroatoms. The predicted molar refractivity (Wildman–Crippen MR) is 118 cm³/mol. The highest BCUT2D eigenvalue weighted by molar-refractivity contribution is 6.03. The summed E-state index contributed by atoms with van der Waals surface area (Å²) >= 11 is 0. The molecule has 0 bridgehead atoms. The van der Waals surface area contributed by atoms with Crippen LogP contribution in [0.3, 0.4) is 0 Å². The SMILES string of the molecule is COc1ccc(C2=Nc3ccc(C)cc3[C@H](c3ccccc3)N2CC(=O)NN)cc1. The zero-order valence-electron chi connectivity index (χ0n) is 17.0. The highest BCUT2D eigenvalue weighted by Crippen LogP contribution is 2.40. The molecule has 1 amide bonds. The topological polar surface area (TPSA) is 80.0 Å². The molecule has 3 aromatic carbocycles.